The van der Waals surface area contributed by atoms with Gasteiger partial charge in [0.1, 0.15) is 0 Å². The van der Waals surface area contributed by atoms with Crippen molar-refractivity contribution in [3.63, 3.8) is 0 Å². The minimum Gasteiger partial charge on any atom is -0.311 e. The molecular formula is C77H94BN5. The molecule has 2 aliphatic heterocycles. The molecule has 0 unspecified atom stereocenters. The third-order valence-corrected chi connectivity index (χ3v) is 17.4. The maximum atomic E-state index is 5.76. The fourth-order valence-electron chi connectivity index (χ4n) is 11.8. The number of hydrogen-bond acceptors (Lipinski definition) is 5. The zero-order valence-electron chi connectivity index (χ0n) is 55.0. The smallest absolute Gasteiger partial charge is 0.252 e. The van der Waals surface area contributed by atoms with Crippen LogP contribution in [0.1, 0.15) is 211 Å². The van der Waals surface area contributed by atoms with Crippen LogP contribution in [0, 0.1) is 0 Å². The second kappa shape index (κ2) is 19.9. The van der Waals surface area contributed by atoms with Crippen molar-refractivity contribution in [2.75, 3.05) is 9.80 Å². The van der Waals surface area contributed by atoms with Gasteiger partial charge in [0, 0.05) is 50.8 Å². The Bertz CT molecular complexity index is 3470. The third-order valence-electron chi connectivity index (χ3n) is 17.4. The van der Waals surface area contributed by atoms with Gasteiger partial charge >= 0.3 is 0 Å². The SMILES string of the molecule is CC(C)(C)c1cc(-c2nc(-c3cc(C(C)(C)C)cc(C(C)(C)C)c3)nc(-c3cc4c5c(c3)N(c3cc(C(C)(C)C)cc(C(C)(C)C)c3)c3ccccc3B5c3ccccc3N4c3cc(C(C)(C)C)cc(C(C)(C)C)c3)n2)cc(C(C)(C)C)c1. The van der Waals surface area contributed by atoms with Crippen molar-refractivity contribution in [2.24, 2.45) is 0 Å². The van der Waals surface area contributed by atoms with E-state index in [0.717, 1.165) is 39.4 Å². The first kappa shape index (κ1) is 59.4. The normalized spacial score (nSPS) is 14.2. The summed E-state index contributed by atoms with van der Waals surface area (Å²) in [6, 6.07) is 51.9. The first-order valence-corrected chi connectivity index (χ1v) is 30.5. The second-order valence-electron chi connectivity index (χ2n) is 32.6. The minimum atomic E-state index is -0.122. The van der Waals surface area contributed by atoms with Gasteiger partial charge in [0.2, 0.25) is 0 Å². The van der Waals surface area contributed by atoms with Crippen LogP contribution in [0.15, 0.2) is 133 Å². The van der Waals surface area contributed by atoms with Gasteiger partial charge in [-0.1, -0.05) is 227 Å². The van der Waals surface area contributed by atoms with Crippen LogP contribution >= 0.6 is 0 Å². The minimum absolute atomic E-state index is 0.0638. The average Bonchev–Trinajstić information content (AvgIpc) is 1.86. The highest BCUT2D eigenvalue weighted by atomic mass is 15.2. The lowest BCUT2D eigenvalue weighted by Crippen LogP contribution is -2.61. The van der Waals surface area contributed by atoms with E-state index in [1.807, 2.05) is 0 Å². The van der Waals surface area contributed by atoms with E-state index in [4.69, 9.17) is 15.0 Å². The van der Waals surface area contributed by atoms with Crippen molar-refractivity contribution in [1.82, 2.24) is 15.0 Å². The lowest BCUT2D eigenvalue weighted by atomic mass is 9.33. The Kier molecular flexibility index (Phi) is 14.2. The maximum Gasteiger partial charge on any atom is 0.252 e. The summed E-state index contributed by atoms with van der Waals surface area (Å²) in [5, 5.41) is 0. The Labute approximate surface area is 500 Å². The second-order valence-corrected chi connectivity index (χ2v) is 32.6. The maximum absolute atomic E-state index is 5.76. The zero-order valence-corrected chi connectivity index (χ0v) is 55.0. The molecule has 0 saturated carbocycles. The molecule has 0 bridgehead atoms. The Morgan fingerprint density at radius 3 is 0.747 bits per heavy atom. The standard InChI is InChI=1S/C77H94BN5/c1-70(2,3)50-33-47(34-51(39-50)71(4,5)6)67-79-68(48-35-52(72(7,8)9)40-53(36-48)73(10,11)12)81-69(80-67)49-37-64-66-65(38-49)83(59-45-56(76(19,20)21)42-57(46-59)77(22,23)24)63-32-28-26-30-61(63)78(66)60-29-25-27-31-62(60)82(64)58-43-54(74(13,14)15)41-55(44-58)75(16,17)18/h25-46H,1-24H3. The Morgan fingerprint density at radius 1 is 0.265 bits per heavy atom. The van der Waals surface area contributed by atoms with E-state index in [0.29, 0.717) is 17.5 Å². The fourth-order valence-corrected chi connectivity index (χ4v) is 11.8. The third kappa shape index (κ3) is 11.5. The fraction of sp³-hybridized carbons (Fsp3) is 0.416. The van der Waals surface area contributed by atoms with Gasteiger partial charge in [-0.25, -0.2) is 15.0 Å². The van der Waals surface area contributed by atoms with Gasteiger partial charge < -0.3 is 9.80 Å². The molecular weight excluding hydrogens is 1010 g/mol. The topological polar surface area (TPSA) is 45.2 Å². The first-order valence-electron chi connectivity index (χ1n) is 30.5. The van der Waals surface area contributed by atoms with Gasteiger partial charge in [-0.15, -0.1) is 0 Å². The van der Waals surface area contributed by atoms with Crippen molar-refractivity contribution in [3.05, 3.63) is 178 Å². The predicted molar refractivity (Wildman–Crippen MR) is 360 cm³/mol. The van der Waals surface area contributed by atoms with Gasteiger partial charge in [0.05, 0.1) is 0 Å². The van der Waals surface area contributed by atoms with Crippen LogP contribution in [-0.4, -0.2) is 21.7 Å². The monoisotopic (exact) mass is 1100 g/mol. The number of fused-ring (bicyclic) bond motifs is 4. The summed E-state index contributed by atoms with van der Waals surface area (Å²) in [6.07, 6.45) is 0. The number of anilines is 6. The van der Waals surface area contributed by atoms with Crippen molar-refractivity contribution >= 4 is 57.2 Å². The van der Waals surface area contributed by atoms with Crippen LogP contribution in [0.3, 0.4) is 0 Å². The van der Waals surface area contributed by atoms with Gasteiger partial charge in [0.15, 0.2) is 17.5 Å². The molecule has 5 nitrogen and oxygen atoms in total. The van der Waals surface area contributed by atoms with Crippen molar-refractivity contribution in [3.8, 4) is 34.2 Å². The van der Waals surface area contributed by atoms with Crippen molar-refractivity contribution < 1.29 is 0 Å². The molecule has 0 aliphatic carbocycles. The summed E-state index contributed by atoms with van der Waals surface area (Å²) < 4.78 is 0. The number of rotatable bonds is 5. The molecule has 7 aromatic carbocycles. The van der Waals surface area contributed by atoms with E-state index in [-0.39, 0.29) is 50.0 Å². The van der Waals surface area contributed by atoms with Crippen LogP contribution in [0.5, 0.6) is 0 Å². The zero-order chi connectivity index (χ0) is 60.7. The quantitative estimate of drug-likeness (QED) is 0.161. The summed E-state index contributed by atoms with van der Waals surface area (Å²) in [7, 11) is 0. The van der Waals surface area contributed by atoms with Crippen molar-refractivity contribution in [2.45, 2.75) is 209 Å². The molecule has 0 N–H and O–H groups in total. The van der Waals surface area contributed by atoms with Crippen LogP contribution in [-0.2, 0) is 43.3 Å². The van der Waals surface area contributed by atoms with Crippen LogP contribution < -0.4 is 26.2 Å². The molecule has 0 atom stereocenters. The Hall–Kier alpha value is -6.79. The van der Waals surface area contributed by atoms with Gasteiger partial charge in [-0.2, -0.15) is 0 Å². The number of hydrogen-bond donors (Lipinski definition) is 0. The summed E-state index contributed by atoms with van der Waals surface area (Å²) in [6.45, 7) is 55.7. The molecule has 6 heteroatoms. The van der Waals surface area contributed by atoms with Gasteiger partial charge in [-0.05, 0) is 177 Å². The summed E-state index contributed by atoms with van der Waals surface area (Å²) in [5.74, 6) is 1.95. The lowest BCUT2D eigenvalue weighted by molar-refractivity contribution is 0.568. The van der Waals surface area contributed by atoms with E-state index < -0.39 is 0 Å². The predicted octanol–water partition coefficient (Wildman–Crippen LogP) is 19.3. The molecule has 8 aromatic rings. The molecule has 0 spiro atoms. The molecule has 10 rings (SSSR count). The summed E-state index contributed by atoms with van der Waals surface area (Å²) in [5.41, 5.74) is 22.9. The summed E-state index contributed by atoms with van der Waals surface area (Å²) in [4.78, 5) is 22.3. The number of benzene rings is 7. The van der Waals surface area contributed by atoms with E-state index in [2.05, 4.69) is 309 Å². The van der Waals surface area contributed by atoms with E-state index >= 15 is 0 Å². The molecule has 0 radical (unpaired) electrons. The highest BCUT2D eigenvalue weighted by Gasteiger charge is 2.44. The molecule has 83 heavy (non-hydrogen) atoms. The van der Waals surface area contributed by atoms with Gasteiger partial charge in [0.25, 0.3) is 6.71 Å². The Morgan fingerprint density at radius 2 is 0.494 bits per heavy atom. The molecule has 1 aromatic heterocycles. The molecule has 430 valence electrons. The highest BCUT2D eigenvalue weighted by Crippen LogP contribution is 2.49. The Balaban J connectivity index is 1.39. The largest absolute Gasteiger partial charge is 0.311 e. The van der Waals surface area contributed by atoms with Crippen LogP contribution in [0.25, 0.3) is 34.2 Å². The lowest BCUT2D eigenvalue weighted by Gasteiger charge is -2.45. The molecule has 0 saturated heterocycles. The summed E-state index contributed by atoms with van der Waals surface area (Å²) >= 11 is 0. The molecule has 2 aliphatic rings. The highest BCUT2D eigenvalue weighted by molar-refractivity contribution is 7.00. The first-order chi connectivity index (χ1) is 38.2. The van der Waals surface area contributed by atoms with Gasteiger partial charge in [-0.3, -0.25) is 0 Å². The number of aromatic nitrogens is 3. The number of nitrogens with zero attached hydrogens (tertiary/aromatic N) is 5. The van der Waals surface area contributed by atoms with Crippen LogP contribution in [0.2, 0.25) is 0 Å². The molecule has 0 fully saturated rings. The number of para-hydroxylation sites is 2. The average molecular weight is 1100 g/mol. The van der Waals surface area contributed by atoms with E-state index in [1.54, 1.807) is 0 Å². The van der Waals surface area contributed by atoms with E-state index in [1.165, 1.54) is 72.3 Å². The van der Waals surface area contributed by atoms with Crippen LogP contribution in [0.4, 0.5) is 34.1 Å². The molecule has 3 heterocycles. The van der Waals surface area contributed by atoms with Crippen molar-refractivity contribution in [1.29, 1.82) is 0 Å². The van der Waals surface area contributed by atoms with E-state index in [9.17, 15) is 0 Å². The molecule has 0 amide bonds.